The lowest BCUT2D eigenvalue weighted by Crippen LogP contribution is -2.31. The summed E-state index contributed by atoms with van der Waals surface area (Å²) in [6.07, 6.45) is 2.14. The lowest BCUT2D eigenvalue weighted by atomic mass is 10.2. The number of para-hydroxylation sites is 1. The topological polar surface area (TPSA) is 85.2 Å². The van der Waals surface area contributed by atoms with Gasteiger partial charge in [-0.1, -0.05) is 34.1 Å². The number of carbonyl (C=O) groups is 1. The lowest BCUT2D eigenvalue weighted by Gasteiger charge is -2.14. The van der Waals surface area contributed by atoms with Gasteiger partial charge in [-0.3, -0.25) is 14.4 Å². The summed E-state index contributed by atoms with van der Waals surface area (Å²) in [5.41, 5.74) is 2.45. The third-order valence-corrected chi connectivity index (χ3v) is 5.02. The second-order valence-corrected chi connectivity index (χ2v) is 7.84. The maximum atomic E-state index is 14.3. The number of halogens is 2. The Balaban J connectivity index is 1.70. The molecular weight excluding hydrogens is 455 g/mol. The standard InChI is InChI=1S/C21H18BrFN4O3/c22-14-8-9-17(16(23)10-14)24-18-11-19(28)27(15-4-2-1-3-5-15)25-20(18)21(29)26-30-12-13-6-7-13/h1-5,8-11,13,24H,6-7,12H2,(H,26,29). The highest BCUT2D eigenvalue weighted by atomic mass is 79.9. The Labute approximate surface area is 180 Å². The molecule has 0 radical (unpaired) electrons. The molecule has 154 valence electrons. The molecule has 2 aromatic carbocycles. The molecule has 0 aliphatic heterocycles. The van der Waals surface area contributed by atoms with Crippen LogP contribution in [0.5, 0.6) is 0 Å². The van der Waals surface area contributed by atoms with Gasteiger partial charge in [-0.2, -0.15) is 9.78 Å². The van der Waals surface area contributed by atoms with Gasteiger partial charge in [-0.15, -0.1) is 0 Å². The molecule has 30 heavy (non-hydrogen) atoms. The molecular formula is C21H18BrFN4O3. The van der Waals surface area contributed by atoms with Crippen LogP contribution < -0.4 is 16.4 Å². The van der Waals surface area contributed by atoms with E-state index >= 15 is 0 Å². The summed E-state index contributed by atoms with van der Waals surface area (Å²) in [6, 6.07) is 14.3. The normalized spacial score (nSPS) is 13.1. The van der Waals surface area contributed by atoms with Crippen molar-refractivity contribution >= 4 is 33.2 Å². The van der Waals surface area contributed by atoms with Gasteiger partial charge in [0.25, 0.3) is 11.5 Å². The van der Waals surface area contributed by atoms with E-state index in [1.165, 1.54) is 18.2 Å². The first-order chi connectivity index (χ1) is 14.5. The average Bonchev–Trinajstić information content (AvgIpc) is 3.55. The Hall–Kier alpha value is -3.04. The van der Waals surface area contributed by atoms with E-state index in [4.69, 9.17) is 4.84 Å². The molecule has 0 spiro atoms. The molecule has 1 heterocycles. The van der Waals surface area contributed by atoms with Crippen molar-refractivity contribution in [2.75, 3.05) is 11.9 Å². The Morgan fingerprint density at radius 1 is 1.17 bits per heavy atom. The van der Waals surface area contributed by atoms with Gasteiger partial charge in [0.15, 0.2) is 5.69 Å². The number of hydrogen-bond acceptors (Lipinski definition) is 5. The van der Waals surface area contributed by atoms with Crippen LogP contribution in [0.1, 0.15) is 23.3 Å². The number of aromatic nitrogens is 2. The molecule has 0 saturated heterocycles. The van der Waals surface area contributed by atoms with E-state index in [9.17, 15) is 14.0 Å². The molecule has 0 atom stereocenters. The largest absolute Gasteiger partial charge is 0.351 e. The van der Waals surface area contributed by atoms with E-state index in [2.05, 4.69) is 31.8 Å². The van der Waals surface area contributed by atoms with Crippen LogP contribution in [-0.4, -0.2) is 22.3 Å². The second kappa shape index (κ2) is 8.76. The van der Waals surface area contributed by atoms with Crippen molar-refractivity contribution in [2.24, 2.45) is 5.92 Å². The van der Waals surface area contributed by atoms with Crippen LogP contribution in [0.4, 0.5) is 15.8 Å². The van der Waals surface area contributed by atoms with Crippen LogP contribution in [-0.2, 0) is 4.84 Å². The van der Waals surface area contributed by atoms with Crippen molar-refractivity contribution in [3.05, 3.63) is 80.9 Å². The maximum Gasteiger partial charge on any atom is 0.297 e. The van der Waals surface area contributed by atoms with Crippen molar-refractivity contribution in [3.8, 4) is 5.69 Å². The van der Waals surface area contributed by atoms with Gasteiger partial charge >= 0.3 is 0 Å². The minimum atomic E-state index is -0.639. The zero-order valence-electron chi connectivity index (χ0n) is 15.8. The molecule has 1 saturated carbocycles. The Bertz CT molecular complexity index is 1130. The number of benzene rings is 2. The van der Waals surface area contributed by atoms with Crippen LogP contribution in [0, 0.1) is 11.7 Å². The second-order valence-electron chi connectivity index (χ2n) is 6.93. The Morgan fingerprint density at radius 3 is 2.63 bits per heavy atom. The predicted octanol–water partition coefficient (Wildman–Crippen LogP) is 3.95. The van der Waals surface area contributed by atoms with Crippen LogP contribution in [0.25, 0.3) is 5.69 Å². The number of hydroxylamine groups is 1. The molecule has 7 nitrogen and oxygen atoms in total. The molecule has 1 fully saturated rings. The van der Waals surface area contributed by atoms with Gasteiger partial charge in [0.2, 0.25) is 0 Å². The van der Waals surface area contributed by atoms with Gasteiger partial charge in [-0.25, -0.2) is 9.87 Å². The van der Waals surface area contributed by atoms with E-state index in [0.29, 0.717) is 22.7 Å². The highest BCUT2D eigenvalue weighted by Gasteiger charge is 2.23. The maximum absolute atomic E-state index is 14.3. The van der Waals surface area contributed by atoms with Crippen molar-refractivity contribution in [2.45, 2.75) is 12.8 Å². The lowest BCUT2D eigenvalue weighted by molar-refractivity contribution is 0.0265. The first-order valence-electron chi connectivity index (χ1n) is 9.35. The van der Waals surface area contributed by atoms with E-state index in [1.54, 1.807) is 36.4 Å². The number of nitrogens with zero attached hydrogens (tertiary/aromatic N) is 2. The predicted molar refractivity (Wildman–Crippen MR) is 113 cm³/mol. The minimum absolute atomic E-state index is 0.0703. The summed E-state index contributed by atoms with van der Waals surface area (Å²) in [5, 5.41) is 7.01. The highest BCUT2D eigenvalue weighted by Crippen LogP contribution is 2.28. The van der Waals surface area contributed by atoms with Crippen molar-refractivity contribution in [1.29, 1.82) is 0 Å². The van der Waals surface area contributed by atoms with Gasteiger partial charge in [0.05, 0.1) is 23.7 Å². The van der Waals surface area contributed by atoms with Crippen LogP contribution >= 0.6 is 15.9 Å². The number of rotatable bonds is 7. The molecule has 1 amide bonds. The number of hydrogen-bond donors (Lipinski definition) is 2. The zero-order chi connectivity index (χ0) is 21.1. The van der Waals surface area contributed by atoms with Crippen molar-refractivity contribution in [1.82, 2.24) is 15.3 Å². The van der Waals surface area contributed by atoms with Gasteiger partial charge in [0, 0.05) is 10.5 Å². The molecule has 9 heteroatoms. The quantitative estimate of drug-likeness (QED) is 0.508. The number of carbonyl (C=O) groups excluding carboxylic acids is 1. The number of amides is 1. The summed E-state index contributed by atoms with van der Waals surface area (Å²) in [6.45, 7) is 0.411. The third kappa shape index (κ3) is 4.74. The molecule has 4 rings (SSSR count). The monoisotopic (exact) mass is 472 g/mol. The molecule has 1 aliphatic carbocycles. The first kappa shape index (κ1) is 20.2. The Kier molecular flexibility index (Phi) is 5.91. The van der Waals surface area contributed by atoms with Gasteiger partial charge < -0.3 is 5.32 Å². The SMILES string of the molecule is O=C(NOCC1CC1)c1nn(-c2ccccc2)c(=O)cc1Nc1ccc(Br)cc1F. The fraction of sp³-hybridized carbons (Fsp3) is 0.190. The fourth-order valence-corrected chi connectivity index (χ4v) is 3.10. The minimum Gasteiger partial charge on any atom is -0.351 e. The van der Waals surface area contributed by atoms with E-state index < -0.39 is 17.3 Å². The summed E-state index contributed by atoms with van der Waals surface area (Å²) < 4.78 is 16.0. The van der Waals surface area contributed by atoms with Crippen molar-refractivity contribution < 1.29 is 14.0 Å². The fourth-order valence-electron chi connectivity index (χ4n) is 2.77. The molecule has 3 aromatic rings. The van der Waals surface area contributed by atoms with Crippen LogP contribution in [0.2, 0.25) is 0 Å². The molecule has 1 aromatic heterocycles. The molecule has 2 N–H and O–H groups in total. The van der Waals surface area contributed by atoms with E-state index in [-0.39, 0.29) is 17.1 Å². The van der Waals surface area contributed by atoms with Crippen LogP contribution in [0.15, 0.2) is 63.9 Å². The van der Waals surface area contributed by atoms with Crippen molar-refractivity contribution in [3.63, 3.8) is 0 Å². The van der Waals surface area contributed by atoms with E-state index in [0.717, 1.165) is 17.5 Å². The molecule has 0 bridgehead atoms. The molecule has 1 aliphatic rings. The van der Waals surface area contributed by atoms with Crippen LogP contribution in [0.3, 0.4) is 0 Å². The summed E-state index contributed by atoms with van der Waals surface area (Å²) >= 11 is 3.20. The zero-order valence-corrected chi connectivity index (χ0v) is 17.4. The first-order valence-corrected chi connectivity index (χ1v) is 10.1. The van der Waals surface area contributed by atoms with Gasteiger partial charge in [0.1, 0.15) is 5.82 Å². The number of anilines is 2. The summed E-state index contributed by atoms with van der Waals surface area (Å²) in [5.74, 6) is -0.737. The number of nitrogens with one attached hydrogen (secondary N) is 2. The highest BCUT2D eigenvalue weighted by molar-refractivity contribution is 9.10. The van der Waals surface area contributed by atoms with E-state index in [1.807, 2.05) is 0 Å². The summed E-state index contributed by atoms with van der Waals surface area (Å²) in [7, 11) is 0. The third-order valence-electron chi connectivity index (χ3n) is 4.53. The average molecular weight is 473 g/mol. The Morgan fingerprint density at radius 2 is 1.93 bits per heavy atom. The van der Waals surface area contributed by atoms with Gasteiger partial charge in [-0.05, 0) is 49.1 Å². The molecule has 0 unspecified atom stereocenters. The summed E-state index contributed by atoms with van der Waals surface area (Å²) in [4.78, 5) is 30.6. The smallest absolute Gasteiger partial charge is 0.297 e.